The molecule has 2 aliphatic carbocycles. The zero-order valence-corrected chi connectivity index (χ0v) is 7.05. The number of aliphatic hydroxyl groups is 1. The molecule has 0 saturated heterocycles. The molecule has 2 rings (SSSR count). The predicted molar refractivity (Wildman–Crippen MR) is 41.1 cm³/mol. The van der Waals surface area contributed by atoms with Gasteiger partial charge in [0, 0.05) is 17.8 Å². The third-order valence-electron chi connectivity index (χ3n) is 3.50. The van der Waals surface area contributed by atoms with Crippen LogP contribution in [-0.4, -0.2) is 16.5 Å². The Labute approximate surface area is 66.6 Å². The Hall–Kier alpha value is -0.370. The SMILES string of the molecule is CC(C)(O)C12CCC(=O)C1C2. The Bertz CT molecular complexity index is 214. The summed E-state index contributed by atoms with van der Waals surface area (Å²) in [6, 6.07) is 0. The summed E-state index contributed by atoms with van der Waals surface area (Å²) in [5, 5.41) is 9.78. The smallest absolute Gasteiger partial charge is 0.136 e. The van der Waals surface area contributed by atoms with Crippen molar-refractivity contribution in [1.82, 2.24) is 0 Å². The van der Waals surface area contributed by atoms with Crippen LogP contribution in [0.1, 0.15) is 33.1 Å². The van der Waals surface area contributed by atoms with Gasteiger partial charge in [0.2, 0.25) is 0 Å². The molecule has 2 saturated carbocycles. The maximum absolute atomic E-state index is 11.2. The summed E-state index contributed by atoms with van der Waals surface area (Å²) in [7, 11) is 0. The highest BCUT2D eigenvalue weighted by atomic mass is 16.3. The van der Waals surface area contributed by atoms with Gasteiger partial charge in [-0.15, -0.1) is 0 Å². The average Bonchev–Trinajstić information content (AvgIpc) is 2.50. The minimum atomic E-state index is -0.649. The van der Waals surface area contributed by atoms with Crippen LogP contribution in [0, 0.1) is 11.3 Å². The third kappa shape index (κ3) is 0.734. The van der Waals surface area contributed by atoms with Crippen molar-refractivity contribution in [2.45, 2.75) is 38.7 Å². The van der Waals surface area contributed by atoms with Crippen LogP contribution in [-0.2, 0) is 4.79 Å². The fraction of sp³-hybridized carbons (Fsp3) is 0.889. The zero-order chi connectivity index (χ0) is 8.28. The largest absolute Gasteiger partial charge is 0.390 e. The second-order valence-electron chi connectivity index (χ2n) is 4.44. The highest BCUT2D eigenvalue weighted by Gasteiger charge is 2.68. The highest BCUT2D eigenvalue weighted by molar-refractivity contribution is 5.88. The van der Waals surface area contributed by atoms with E-state index >= 15 is 0 Å². The Morgan fingerprint density at radius 3 is 2.45 bits per heavy atom. The molecule has 2 nitrogen and oxygen atoms in total. The lowest BCUT2D eigenvalue weighted by molar-refractivity contribution is -0.119. The molecule has 2 heteroatoms. The van der Waals surface area contributed by atoms with Crippen molar-refractivity contribution in [3.8, 4) is 0 Å². The summed E-state index contributed by atoms with van der Waals surface area (Å²) in [5.41, 5.74) is -0.673. The molecule has 0 aromatic heterocycles. The molecule has 0 aromatic rings. The maximum atomic E-state index is 11.2. The fourth-order valence-electron chi connectivity index (χ4n) is 2.51. The number of rotatable bonds is 1. The molecule has 2 atom stereocenters. The van der Waals surface area contributed by atoms with E-state index in [0.29, 0.717) is 12.2 Å². The number of hydrogen-bond acceptors (Lipinski definition) is 2. The molecule has 0 heterocycles. The highest BCUT2D eigenvalue weighted by Crippen LogP contribution is 2.67. The first kappa shape index (κ1) is 7.29. The van der Waals surface area contributed by atoms with Gasteiger partial charge >= 0.3 is 0 Å². The van der Waals surface area contributed by atoms with Gasteiger partial charge in [-0.25, -0.2) is 0 Å². The molecular formula is C9H14O2. The molecule has 0 aliphatic heterocycles. The summed E-state index contributed by atoms with van der Waals surface area (Å²) in [5.74, 6) is 0.564. The lowest BCUT2D eigenvalue weighted by Gasteiger charge is -2.27. The number of hydrogen-bond donors (Lipinski definition) is 1. The summed E-state index contributed by atoms with van der Waals surface area (Å²) >= 11 is 0. The monoisotopic (exact) mass is 154 g/mol. The predicted octanol–water partition coefficient (Wildman–Crippen LogP) is 1.13. The standard InChI is InChI=1S/C9H14O2/c1-8(2,11)9-4-3-7(10)6(9)5-9/h6,11H,3-5H2,1-2H3. The summed E-state index contributed by atoms with van der Waals surface area (Å²) in [6.07, 6.45) is 2.52. The number of Topliss-reactive ketones (excluding diaryl/α,β-unsaturated/α-hetero) is 1. The Morgan fingerprint density at radius 1 is 1.64 bits per heavy atom. The molecule has 2 unspecified atom stereocenters. The van der Waals surface area contributed by atoms with Gasteiger partial charge in [-0.05, 0) is 26.7 Å². The van der Waals surface area contributed by atoms with Crippen LogP contribution in [0.25, 0.3) is 0 Å². The van der Waals surface area contributed by atoms with E-state index in [4.69, 9.17) is 0 Å². The molecule has 11 heavy (non-hydrogen) atoms. The molecule has 0 radical (unpaired) electrons. The van der Waals surface area contributed by atoms with Gasteiger partial charge in [0.15, 0.2) is 0 Å². The van der Waals surface area contributed by atoms with Crippen molar-refractivity contribution >= 4 is 5.78 Å². The molecule has 1 N–H and O–H groups in total. The van der Waals surface area contributed by atoms with Gasteiger partial charge < -0.3 is 5.11 Å². The van der Waals surface area contributed by atoms with Crippen LogP contribution >= 0.6 is 0 Å². The zero-order valence-electron chi connectivity index (χ0n) is 7.05. The number of fused-ring (bicyclic) bond motifs is 1. The first-order valence-corrected chi connectivity index (χ1v) is 4.22. The van der Waals surface area contributed by atoms with Crippen molar-refractivity contribution in [2.24, 2.45) is 11.3 Å². The fourth-order valence-corrected chi connectivity index (χ4v) is 2.51. The van der Waals surface area contributed by atoms with Crippen molar-refractivity contribution in [3.63, 3.8) is 0 Å². The topological polar surface area (TPSA) is 37.3 Å². The van der Waals surface area contributed by atoms with Gasteiger partial charge in [0.05, 0.1) is 5.60 Å². The van der Waals surface area contributed by atoms with Crippen molar-refractivity contribution in [3.05, 3.63) is 0 Å². The van der Waals surface area contributed by atoms with E-state index in [-0.39, 0.29) is 11.3 Å². The van der Waals surface area contributed by atoms with Crippen molar-refractivity contribution in [2.75, 3.05) is 0 Å². The second-order valence-corrected chi connectivity index (χ2v) is 4.44. The molecule has 62 valence electrons. The van der Waals surface area contributed by atoms with Gasteiger partial charge in [-0.3, -0.25) is 4.79 Å². The van der Waals surface area contributed by atoms with E-state index in [2.05, 4.69) is 0 Å². The van der Waals surface area contributed by atoms with E-state index in [1.807, 2.05) is 13.8 Å². The number of carbonyl (C=O) groups is 1. The molecule has 0 spiro atoms. The first-order chi connectivity index (χ1) is 4.97. The lowest BCUT2D eigenvalue weighted by Crippen LogP contribution is -2.32. The number of ketones is 1. The van der Waals surface area contributed by atoms with Gasteiger partial charge in [-0.2, -0.15) is 0 Å². The summed E-state index contributed by atoms with van der Waals surface area (Å²) < 4.78 is 0. The van der Waals surface area contributed by atoms with E-state index in [1.165, 1.54) is 0 Å². The van der Waals surface area contributed by atoms with Gasteiger partial charge in [0.25, 0.3) is 0 Å². The first-order valence-electron chi connectivity index (χ1n) is 4.22. The van der Waals surface area contributed by atoms with Crippen LogP contribution in [0.4, 0.5) is 0 Å². The van der Waals surface area contributed by atoms with Crippen molar-refractivity contribution in [1.29, 1.82) is 0 Å². The molecule has 0 amide bonds. The average molecular weight is 154 g/mol. The van der Waals surface area contributed by atoms with Crippen LogP contribution in [0.2, 0.25) is 0 Å². The summed E-state index contributed by atoms with van der Waals surface area (Å²) in [6.45, 7) is 3.65. The van der Waals surface area contributed by atoms with Gasteiger partial charge in [0.1, 0.15) is 5.78 Å². The maximum Gasteiger partial charge on any atom is 0.136 e. The van der Waals surface area contributed by atoms with Crippen LogP contribution in [0.3, 0.4) is 0 Å². The van der Waals surface area contributed by atoms with E-state index in [0.717, 1.165) is 12.8 Å². The van der Waals surface area contributed by atoms with E-state index in [9.17, 15) is 9.90 Å². The lowest BCUT2D eigenvalue weighted by atomic mass is 9.85. The van der Waals surface area contributed by atoms with Crippen molar-refractivity contribution < 1.29 is 9.90 Å². The Kier molecular flexibility index (Phi) is 1.12. The van der Waals surface area contributed by atoms with Crippen LogP contribution in [0.5, 0.6) is 0 Å². The van der Waals surface area contributed by atoms with Crippen LogP contribution < -0.4 is 0 Å². The van der Waals surface area contributed by atoms with E-state index < -0.39 is 5.60 Å². The third-order valence-corrected chi connectivity index (χ3v) is 3.50. The van der Waals surface area contributed by atoms with Gasteiger partial charge in [-0.1, -0.05) is 0 Å². The second kappa shape index (κ2) is 1.69. The Balaban J connectivity index is 2.24. The normalized spacial score (nSPS) is 42.5. The molecule has 0 bridgehead atoms. The molecule has 0 aromatic carbocycles. The van der Waals surface area contributed by atoms with Crippen LogP contribution in [0.15, 0.2) is 0 Å². The molecular weight excluding hydrogens is 140 g/mol. The minimum absolute atomic E-state index is 0.0237. The Morgan fingerprint density at radius 2 is 2.27 bits per heavy atom. The molecule has 2 aliphatic rings. The molecule has 2 fully saturated rings. The minimum Gasteiger partial charge on any atom is -0.390 e. The number of carbonyl (C=O) groups excluding carboxylic acids is 1. The summed E-state index contributed by atoms with van der Waals surface area (Å²) in [4.78, 5) is 11.2. The van der Waals surface area contributed by atoms with E-state index in [1.54, 1.807) is 0 Å². The quantitative estimate of drug-likeness (QED) is 0.614.